The monoisotopic (exact) mass is 769 g/mol. The van der Waals surface area contributed by atoms with Crippen LogP contribution in [-0.2, 0) is 11.3 Å². The van der Waals surface area contributed by atoms with Crippen LogP contribution >= 0.6 is 67.5 Å². The molecule has 4 aromatic rings. The number of nitrogens with zero attached hydrogens (tertiary/aromatic N) is 5. The largest absolute Gasteiger partial charge is 0.487 e. The van der Waals surface area contributed by atoms with Gasteiger partial charge in [0.05, 0.1) is 23.9 Å². The number of rotatable bonds is 9. The third kappa shape index (κ3) is 8.93. The molecule has 14 heteroatoms. The molecule has 1 aromatic heterocycles. The van der Waals surface area contributed by atoms with Gasteiger partial charge in [0.25, 0.3) is 0 Å². The molecule has 0 radical (unpaired) electrons. The molecule has 0 aliphatic carbocycles. The summed E-state index contributed by atoms with van der Waals surface area (Å²) in [5.74, 6) is 1.83. The van der Waals surface area contributed by atoms with Crippen LogP contribution in [-0.4, -0.2) is 47.5 Å². The van der Waals surface area contributed by atoms with Crippen LogP contribution in [0.25, 0.3) is 0 Å². The van der Waals surface area contributed by atoms with E-state index in [-0.39, 0.29) is 19.0 Å². The molecule has 0 saturated carbocycles. The molecule has 226 valence electrons. The van der Waals surface area contributed by atoms with Crippen molar-refractivity contribution < 1.29 is 9.47 Å². The first kappa shape index (κ1) is 33.2. The van der Waals surface area contributed by atoms with Gasteiger partial charge in [-0.15, -0.1) is 12.4 Å². The lowest BCUT2D eigenvalue weighted by molar-refractivity contribution is 0.122. The first-order chi connectivity index (χ1) is 20.2. The van der Waals surface area contributed by atoms with Crippen LogP contribution in [0.3, 0.4) is 0 Å². The predicted molar refractivity (Wildman–Crippen MR) is 183 cm³/mol. The van der Waals surface area contributed by atoms with Crippen molar-refractivity contribution in [1.82, 2.24) is 15.0 Å². The van der Waals surface area contributed by atoms with Crippen molar-refractivity contribution in [3.63, 3.8) is 0 Å². The van der Waals surface area contributed by atoms with Crippen molar-refractivity contribution in [2.45, 2.75) is 20.5 Å². The molecule has 5 rings (SSSR count). The molecule has 0 spiro atoms. The van der Waals surface area contributed by atoms with E-state index in [9.17, 15) is 0 Å². The highest BCUT2D eigenvalue weighted by atomic mass is 79.9. The van der Waals surface area contributed by atoms with Gasteiger partial charge >= 0.3 is 0 Å². The number of benzene rings is 3. The summed E-state index contributed by atoms with van der Waals surface area (Å²) in [7, 11) is 0. The van der Waals surface area contributed by atoms with Gasteiger partial charge < -0.3 is 19.7 Å². The SMILES string of the molecule is Cc1ccc(C)c(Nc2nc(NN=Cc3cc(Br)cc(Br)c3OCc3ccc(Cl)cc3Cl)nc(N3CCOCC3)n2)c1.Cl. The molecule has 3 aromatic carbocycles. The highest BCUT2D eigenvalue weighted by molar-refractivity contribution is 9.11. The normalized spacial score (nSPS) is 13.1. The number of hydrogen-bond donors (Lipinski definition) is 2. The minimum Gasteiger partial charge on any atom is -0.487 e. The van der Waals surface area contributed by atoms with Crippen LogP contribution in [0.1, 0.15) is 22.3 Å². The molecular weight excluding hydrogens is 745 g/mol. The summed E-state index contributed by atoms with van der Waals surface area (Å²) in [6.45, 7) is 6.89. The summed E-state index contributed by atoms with van der Waals surface area (Å²) >= 11 is 19.5. The molecule has 0 atom stereocenters. The van der Waals surface area contributed by atoms with Gasteiger partial charge in [-0.3, -0.25) is 0 Å². The number of morpholine rings is 1. The maximum atomic E-state index is 6.35. The Bertz CT molecular complexity index is 1620. The van der Waals surface area contributed by atoms with E-state index in [1.807, 2.05) is 32.0 Å². The predicted octanol–water partition coefficient (Wildman–Crippen LogP) is 8.35. The van der Waals surface area contributed by atoms with Crippen LogP contribution in [0, 0.1) is 13.8 Å². The molecule has 1 saturated heterocycles. The molecule has 0 amide bonds. The number of aromatic nitrogens is 3. The van der Waals surface area contributed by atoms with Crippen molar-refractivity contribution in [3.8, 4) is 5.75 Å². The molecule has 9 nitrogen and oxygen atoms in total. The Morgan fingerprint density at radius 2 is 1.77 bits per heavy atom. The van der Waals surface area contributed by atoms with Crippen molar-refractivity contribution in [1.29, 1.82) is 0 Å². The number of hydrazone groups is 1. The van der Waals surface area contributed by atoms with Crippen LogP contribution in [0.4, 0.5) is 23.5 Å². The summed E-state index contributed by atoms with van der Waals surface area (Å²) < 4.78 is 13.3. The van der Waals surface area contributed by atoms with E-state index in [4.69, 9.17) is 32.7 Å². The second-order valence-electron chi connectivity index (χ2n) is 9.53. The second kappa shape index (κ2) is 15.4. The summed E-state index contributed by atoms with van der Waals surface area (Å²) in [5.41, 5.74) is 7.62. The molecule has 1 fully saturated rings. The van der Waals surface area contributed by atoms with E-state index in [0.29, 0.717) is 65.5 Å². The summed E-state index contributed by atoms with van der Waals surface area (Å²) in [6.07, 6.45) is 1.64. The lowest BCUT2D eigenvalue weighted by atomic mass is 10.1. The van der Waals surface area contributed by atoms with Gasteiger partial charge in [-0.25, -0.2) is 5.43 Å². The van der Waals surface area contributed by atoms with E-state index < -0.39 is 0 Å². The number of halogens is 5. The average molecular weight is 773 g/mol. The topological polar surface area (TPSA) is 96.8 Å². The third-order valence-electron chi connectivity index (χ3n) is 6.35. The Kier molecular flexibility index (Phi) is 11.9. The fourth-order valence-electron chi connectivity index (χ4n) is 4.14. The maximum Gasteiger partial charge on any atom is 0.250 e. The fraction of sp³-hybridized carbons (Fsp3) is 0.241. The zero-order chi connectivity index (χ0) is 29.6. The van der Waals surface area contributed by atoms with Gasteiger partial charge in [-0.2, -0.15) is 20.1 Å². The van der Waals surface area contributed by atoms with E-state index in [1.54, 1.807) is 18.3 Å². The molecule has 1 aliphatic rings. The summed E-state index contributed by atoms with van der Waals surface area (Å²) in [6, 6.07) is 15.3. The molecule has 2 N–H and O–H groups in total. The zero-order valence-electron chi connectivity index (χ0n) is 23.2. The second-order valence-corrected chi connectivity index (χ2v) is 12.1. The lowest BCUT2D eigenvalue weighted by Crippen LogP contribution is -2.37. The number of ether oxygens (including phenoxy) is 2. The van der Waals surface area contributed by atoms with Crippen LogP contribution < -0.4 is 20.4 Å². The Balaban J connectivity index is 0.00000423. The summed E-state index contributed by atoms with van der Waals surface area (Å²) in [4.78, 5) is 16.0. The van der Waals surface area contributed by atoms with Crippen LogP contribution in [0.2, 0.25) is 10.0 Å². The van der Waals surface area contributed by atoms with Crippen LogP contribution in [0.5, 0.6) is 5.75 Å². The molecule has 2 heterocycles. The van der Waals surface area contributed by atoms with Gasteiger partial charge in [-0.1, -0.05) is 57.3 Å². The fourth-order valence-corrected chi connectivity index (χ4v) is 5.98. The van der Waals surface area contributed by atoms with Gasteiger partial charge in [0.2, 0.25) is 17.8 Å². The zero-order valence-corrected chi connectivity index (χ0v) is 28.7. The first-order valence-electron chi connectivity index (χ1n) is 13.0. The van der Waals surface area contributed by atoms with Crippen molar-refractivity contribution >= 4 is 97.2 Å². The molecule has 1 aliphatic heterocycles. The molecule has 0 bridgehead atoms. The van der Waals surface area contributed by atoms with E-state index in [1.165, 1.54) is 0 Å². The summed E-state index contributed by atoms with van der Waals surface area (Å²) in [5, 5.41) is 8.88. The van der Waals surface area contributed by atoms with Crippen molar-refractivity contribution in [2.24, 2.45) is 5.10 Å². The number of anilines is 4. The van der Waals surface area contributed by atoms with Crippen molar-refractivity contribution in [3.05, 3.63) is 89.8 Å². The third-order valence-corrected chi connectivity index (χ3v) is 7.98. The number of aryl methyl sites for hydroxylation is 2. The van der Waals surface area contributed by atoms with Gasteiger partial charge in [0, 0.05) is 44.4 Å². The Morgan fingerprint density at radius 1 is 1.00 bits per heavy atom. The van der Waals surface area contributed by atoms with Gasteiger partial charge in [-0.05, 0) is 71.2 Å². The highest BCUT2D eigenvalue weighted by Gasteiger charge is 2.17. The first-order valence-corrected chi connectivity index (χ1v) is 15.4. The molecule has 43 heavy (non-hydrogen) atoms. The highest BCUT2D eigenvalue weighted by Crippen LogP contribution is 2.33. The Labute approximate surface area is 283 Å². The average Bonchev–Trinajstić information content (AvgIpc) is 2.96. The Hall–Kier alpha value is -2.67. The standard InChI is InChI=1S/C29H27Br2Cl2N7O2.ClH/c1-17-3-4-18(2)25(11-17)35-27-36-28(38-29(37-27)40-7-9-41-10-8-40)39-34-15-20-12-21(30)13-23(31)26(20)42-16-19-5-6-22(32)14-24(19)33;/h3-6,11-15H,7-10,16H2,1-2H3,(H2,35,36,37,38,39);1H. The smallest absolute Gasteiger partial charge is 0.250 e. The van der Waals surface area contributed by atoms with E-state index >= 15 is 0 Å². The lowest BCUT2D eigenvalue weighted by Gasteiger charge is -2.27. The van der Waals surface area contributed by atoms with Crippen molar-refractivity contribution in [2.75, 3.05) is 41.9 Å². The minimum absolute atomic E-state index is 0. The molecular formula is C29H28Br2Cl3N7O2. The maximum absolute atomic E-state index is 6.35. The van der Waals surface area contributed by atoms with Gasteiger partial charge in [0.15, 0.2) is 0 Å². The number of hydrogen-bond acceptors (Lipinski definition) is 9. The Morgan fingerprint density at radius 3 is 2.53 bits per heavy atom. The van der Waals surface area contributed by atoms with Gasteiger partial charge in [0.1, 0.15) is 12.4 Å². The quantitative estimate of drug-likeness (QED) is 0.130. The van der Waals surface area contributed by atoms with Crippen LogP contribution in [0.15, 0.2) is 62.6 Å². The molecule has 0 unspecified atom stereocenters. The minimum atomic E-state index is 0. The van der Waals surface area contributed by atoms with E-state index in [0.717, 1.165) is 31.3 Å². The number of nitrogens with one attached hydrogen (secondary N) is 2. The van der Waals surface area contributed by atoms with E-state index in [2.05, 4.69) is 85.8 Å².